The summed E-state index contributed by atoms with van der Waals surface area (Å²) < 4.78 is 5.68. The van der Waals surface area contributed by atoms with Crippen LogP contribution in [0.1, 0.15) is 26.7 Å². The molecule has 0 aliphatic carbocycles. The maximum atomic E-state index is 5.68. The second-order valence-electron chi connectivity index (χ2n) is 4.86. The Morgan fingerprint density at radius 3 is 2.53 bits per heavy atom. The summed E-state index contributed by atoms with van der Waals surface area (Å²) in [6, 6.07) is 10.4. The second kappa shape index (κ2) is 8.88. The molecule has 2 N–H and O–H groups in total. The quantitative estimate of drug-likeness (QED) is 0.557. The second-order valence-corrected chi connectivity index (χ2v) is 5.39. The summed E-state index contributed by atoms with van der Waals surface area (Å²) in [5.74, 6) is 0.932. The van der Waals surface area contributed by atoms with Crippen molar-refractivity contribution < 1.29 is 4.74 Å². The van der Waals surface area contributed by atoms with Crippen LogP contribution >= 0.6 is 12.2 Å². The summed E-state index contributed by atoms with van der Waals surface area (Å²) in [7, 11) is 0. The molecule has 0 saturated heterocycles. The standard InChI is InChI=1S/C15H24N2OS/c1-13(2)17(11-9-15(16)19)10-6-12-18-14-7-4-3-5-8-14/h3-5,7-8,13H,6,9-12H2,1-2H3,(H2,16,19). The third kappa shape index (κ3) is 7.13. The number of nitrogens with two attached hydrogens (primary N) is 1. The normalized spacial score (nSPS) is 10.9. The lowest BCUT2D eigenvalue weighted by atomic mass is 10.2. The van der Waals surface area contributed by atoms with Crippen LogP contribution < -0.4 is 10.5 Å². The molecule has 0 aliphatic rings. The Bertz CT molecular complexity index is 368. The van der Waals surface area contributed by atoms with E-state index >= 15 is 0 Å². The zero-order chi connectivity index (χ0) is 14.1. The van der Waals surface area contributed by atoms with E-state index in [9.17, 15) is 0 Å². The van der Waals surface area contributed by atoms with Gasteiger partial charge in [-0.2, -0.15) is 0 Å². The van der Waals surface area contributed by atoms with Gasteiger partial charge < -0.3 is 15.4 Å². The topological polar surface area (TPSA) is 38.5 Å². The van der Waals surface area contributed by atoms with Gasteiger partial charge in [0.2, 0.25) is 0 Å². The molecule has 3 nitrogen and oxygen atoms in total. The molecule has 1 aromatic carbocycles. The number of thiocarbonyl (C=S) groups is 1. The fourth-order valence-corrected chi connectivity index (χ4v) is 1.95. The smallest absolute Gasteiger partial charge is 0.119 e. The summed E-state index contributed by atoms with van der Waals surface area (Å²) in [5, 5.41) is 0. The number of hydrogen-bond acceptors (Lipinski definition) is 3. The van der Waals surface area contributed by atoms with Gasteiger partial charge in [0, 0.05) is 25.6 Å². The van der Waals surface area contributed by atoms with E-state index in [1.165, 1.54) is 0 Å². The fourth-order valence-electron chi connectivity index (χ4n) is 1.86. The van der Waals surface area contributed by atoms with Gasteiger partial charge in [-0.05, 0) is 32.4 Å². The van der Waals surface area contributed by atoms with E-state index < -0.39 is 0 Å². The van der Waals surface area contributed by atoms with Crippen LogP contribution in [0, 0.1) is 0 Å². The highest BCUT2D eigenvalue weighted by Crippen LogP contribution is 2.09. The van der Waals surface area contributed by atoms with Crippen molar-refractivity contribution in [3.8, 4) is 5.75 Å². The Kier molecular flexibility index (Phi) is 7.45. The Labute approximate surface area is 121 Å². The number of nitrogens with zero attached hydrogens (tertiary/aromatic N) is 1. The minimum atomic E-state index is 0.506. The van der Waals surface area contributed by atoms with E-state index in [0.29, 0.717) is 11.0 Å². The number of para-hydroxylation sites is 1. The molecule has 0 radical (unpaired) electrons. The van der Waals surface area contributed by atoms with Crippen molar-refractivity contribution >= 4 is 17.2 Å². The minimum absolute atomic E-state index is 0.506. The monoisotopic (exact) mass is 280 g/mol. The predicted octanol–water partition coefficient (Wildman–Crippen LogP) is 2.84. The molecule has 19 heavy (non-hydrogen) atoms. The highest BCUT2D eigenvalue weighted by molar-refractivity contribution is 7.80. The number of rotatable bonds is 9. The van der Waals surface area contributed by atoms with Crippen LogP contribution in [0.15, 0.2) is 30.3 Å². The molecule has 1 rings (SSSR count). The van der Waals surface area contributed by atoms with Gasteiger partial charge in [-0.25, -0.2) is 0 Å². The first-order valence-electron chi connectivity index (χ1n) is 6.80. The third-order valence-corrected chi connectivity index (χ3v) is 3.18. The zero-order valence-corrected chi connectivity index (χ0v) is 12.7. The highest BCUT2D eigenvalue weighted by atomic mass is 32.1. The molecule has 0 heterocycles. The summed E-state index contributed by atoms with van der Waals surface area (Å²) in [6.07, 6.45) is 1.79. The van der Waals surface area contributed by atoms with Crippen LogP contribution in [-0.4, -0.2) is 35.6 Å². The first kappa shape index (κ1) is 15.9. The molecular formula is C15H24N2OS. The van der Waals surface area contributed by atoms with Crippen molar-refractivity contribution in [2.45, 2.75) is 32.7 Å². The van der Waals surface area contributed by atoms with Gasteiger partial charge in [-0.1, -0.05) is 30.4 Å². The first-order chi connectivity index (χ1) is 9.09. The average Bonchev–Trinajstić information content (AvgIpc) is 2.38. The summed E-state index contributed by atoms with van der Waals surface area (Å²) in [5.41, 5.74) is 5.55. The van der Waals surface area contributed by atoms with E-state index in [-0.39, 0.29) is 0 Å². The van der Waals surface area contributed by atoms with Crippen LogP contribution in [0.4, 0.5) is 0 Å². The van der Waals surface area contributed by atoms with Crippen molar-refractivity contribution in [3.05, 3.63) is 30.3 Å². The van der Waals surface area contributed by atoms with Gasteiger partial charge in [0.1, 0.15) is 5.75 Å². The molecule has 0 amide bonds. The van der Waals surface area contributed by atoms with Gasteiger partial charge in [0.25, 0.3) is 0 Å². The lowest BCUT2D eigenvalue weighted by Gasteiger charge is -2.26. The Balaban J connectivity index is 2.23. The van der Waals surface area contributed by atoms with Crippen molar-refractivity contribution in [2.75, 3.05) is 19.7 Å². The van der Waals surface area contributed by atoms with Crippen molar-refractivity contribution in [2.24, 2.45) is 5.73 Å². The van der Waals surface area contributed by atoms with E-state index in [1.807, 2.05) is 30.3 Å². The fraction of sp³-hybridized carbons (Fsp3) is 0.533. The molecule has 0 unspecified atom stereocenters. The molecule has 106 valence electrons. The van der Waals surface area contributed by atoms with E-state index in [4.69, 9.17) is 22.7 Å². The Morgan fingerprint density at radius 1 is 1.26 bits per heavy atom. The minimum Gasteiger partial charge on any atom is -0.494 e. The van der Waals surface area contributed by atoms with Crippen LogP contribution in [0.3, 0.4) is 0 Å². The van der Waals surface area contributed by atoms with Crippen LogP contribution in [-0.2, 0) is 0 Å². The highest BCUT2D eigenvalue weighted by Gasteiger charge is 2.09. The van der Waals surface area contributed by atoms with E-state index in [0.717, 1.165) is 38.3 Å². The number of hydrogen-bond donors (Lipinski definition) is 1. The van der Waals surface area contributed by atoms with Crippen LogP contribution in [0.25, 0.3) is 0 Å². The Hall–Kier alpha value is -1.13. The summed E-state index contributed by atoms with van der Waals surface area (Å²) in [6.45, 7) is 7.06. The van der Waals surface area contributed by atoms with Gasteiger partial charge in [-0.3, -0.25) is 0 Å². The largest absolute Gasteiger partial charge is 0.494 e. The molecular weight excluding hydrogens is 256 g/mol. The zero-order valence-electron chi connectivity index (χ0n) is 11.8. The maximum Gasteiger partial charge on any atom is 0.119 e. The summed E-state index contributed by atoms with van der Waals surface area (Å²) >= 11 is 4.93. The molecule has 0 saturated carbocycles. The molecule has 0 bridgehead atoms. The summed E-state index contributed by atoms with van der Waals surface area (Å²) in [4.78, 5) is 2.97. The molecule has 0 atom stereocenters. The van der Waals surface area contributed by atoms with Crippen molar-refractivity contribution in [1.82, 2.24) is 4.90 Å². The predicted molar refractivity (Wildman–Crippen MR) is 84.7 cm³/mol. The molecule has 0 fully saturated rings. The lowest BCUT2D eigenvalue weighted by molar-refractivity contribution is 0.203. The molecule has 0 aliphatic heterocycles. The van der Waals surface area contributed by atoms with Crippen LogP contribution in [0.2, 0.25) is 0 Å². The van der Waals surface area contributed by atoms with Crippen molar-refractivity contribution in [1.29, 1.82) is 0 Å². The van der Waals surface area contributed by atoms with E-state index in [1.54, 1.807) is 0 Å². The first-order valence-corrected chi connectivity index (χ1v) is 7.20. The lowest BCUT2D eigenvalue weighted by Crippen LogP contribution is -2.35. The molecule has 4 heteroatoms. The number of ether oxygens (including phenoxy) is 1. The van der Waals surface area contributed by atoms with Gasteiger partial charge >= 0.3 is 0 Å². The van der Waals surface area contributed by atoms with E-state index in [2.05, 4.69) is 18.7 Å². The number of benzene rings is 1. The van der Waals surface area contributed by atoms with Crippen LogP contribution in [0.5, 0.6) is 5.75 Å². The average molecular weight is 280 g/mol. The molecule has 1 aromatic rings. The molecule has 0 aromatic heterocycles. The molecule has 0 spiro atoms. The van der Waals surface area contributed by atoms with Gasteiger partial charge in [0.15, 0.2) is 0 Å². The van der Waals surface area contributed by atoms with Gasteiger partial charge in [0.05, 0.1) is 11.6 Å². The maximum absolute atomic E-state index is 5.68. The SMILES string of the molecule is CC(C)N(CCCOc1ccccc1)CCC(N)=S. The third-order valence-electron chi connectivity index (χ3n) is 2.98. The van der Waals surface area contributed by atoms with Gasteiger partial charge in [-0.15, -0.1) is 0 Å². The Morgan fingerprint density at radius 2 is 1.95 bits per heavy atom. The van der Waals surface area contributed by atoms with Crippen molar-refractivity contribution in [3.63, 3.8) is 0 Å².